The summed E-state index contributed by atoms with van der Waals surface area (Å²) < 4.78 is 0. The third kappa shape index (κ3) is 1.29. The first-order valence-electron chi connectivity index (χ1n) is 5.63. The SMILES string of the molecule is C=C1N=C(N)c2c(sc3c2C(C)CCC3)N1. The molecule has 1 aliphatic carbocycles. The van der Waals surface area contributed by atoms with E-state index in [1.54, 1.807) is 0 Å². The largest absolute Gasteiger partial charge is 0.383 e. The van der Waals surface area contributed by atoms with E-state index in [1.165, 1.54) is 29.7 Å². The molecule has 0 saturated carbocycles. The second kappa shape index (κ2) is 3.35. The second-order valence-electron chi connectivity index (χ2n) is 4.51. The van der Waals surface area contributed by atoms with E-state index in [2.05, 4.69) is 23.8 Å². The fourth-order valence-corrected chi connectivity index (χ4v) is 4.01. The van der Waals surface area contributed by atoms with Crippen LogP contribution in [0.3, 0.4) is 0 Å². The highest BCUT2D eigenvalue weighted by atomic mass is 32.1. The van der Waals surface area contributed by atoms with Gasteiger partial charge >= 0.3 is 0 Å². The lowest BCUT2D eigenvalue weighted by atomic mass is 9.86. The minimum atomic E-state index is 0.602. The van der Waals surface area contributed by atoms with Crippen molar-refractivity contribution < 1.29 is 0 Å². The summed E-state index contributed by atoms with van der Waals surface area (Å²) in [6.45, 7) is 6.10. The van der Waals surface area contributed by atoms with Crippen LogP contribution in [0.1, 0.15) is 41.7 Å². The highest BCUT2D eigenvalue weighted by Gasteiger charge is 2.29. The number of rotatable bonds is 0. The number of aliphatic imine (C=N–C) groups is 1. The molecule has 1 aromatic rings. The van der Waals surface area contributed by atoms with Gasteiger partial charge in [-0.05, 0) is 30.7 Å². The van der Waals surface area contributed by atoms with Gasteiger partial charge in [-0.15, -0.1) is 11.3 Å². The Morgan fingerprint density at radius 3 is 3.19 bits per heavy atom. The van der Waals surface area contributed by atoms with E-state index in [4.69, 9.17) is 5.73 Å². The number of thiophene rings is 1. The maximum atomic E-state index is 6.02. The van der Waals surface area contributed by atoms with E-state index in [9.17, 15) is 0 Å². The zero-order valence-electron chi connectivity index (χ0n) is 9.34. The Hall–Kier alpha value is -1.29. The average Bonchev–Trinajstić information content (AvgIpc) is 2.56. The summed E-state index contributed by atoms with van der Waals surface area (Å²) in [7, 11) is 0. The van der Waals surface area contributed by atoms with Crippen LogP contribution in [0.5, 0.6) is 0 Å². The number of hydrogen-bond acceptors (Lipinski definition) is 4. The first-order valence-corrected chi connectivity index (χ1v) is 6.44. The van der Waals surface area contributed by atoms with E-state index in [-0.39, 0.29) is 0 Å². The molecule has 0 bridgehead atoms. The van der Waals surface area contributed by atoms with Crippen molar-refractivity contribution in [1.29, 1.82) is 0 Å². The molecule has 16 heavy (non-hydrogen) atoms. The Kier molecular flexibility index (Phi) is 2.07. The molecule has 3 nitrogen and oxygen atoms in total. The lowest BCUT2D eigenvalue weighted by molar-refractivity contribution is 0.597. The summed E-state index contributed by atoms with van der Waals surface area (Å²) in [6, 6.07) is 0. The van der Waals surface area contributed by atoms with Crippen molar-refractivity contribution in [3.05, 3.63) is 28.4 Å². The van der Waals surface area contributed by atoms with Crippen molar-refractivity contribution in [3.8, 4) is 0 Å². The van der Waals surface area contributed by atoms with E-state index >= 15 is 0 Å². The number of anilines is 1. The topological polar surface area (TPSA) is 50.4 Å². The van der Waals surface area contributed by atoms with Crippen LogP contribution in [0.4, 0.5) is 5.00 Å². The molecule has 1 unspecified atom stereocenters. The van der Waals surface area contributed by atoms with Crippen molar-refractivity contribution in [2.75, 3.05) is 5.32 Å². The molecule has 2 heterocycles. The molecule has 3 N–H and O–H groups in total. The Labute approximate surface area is 99.1 Å². The van der Waals surface area contributed by atoms with Crippen LogP contribution in [0.2, 0.25) is 0 Å². The van der Waals surface area contributed by atoms with Crippen LogP contribution in [-0.4, -0.2) is 5.84 Å². The van der Waals surface area contributed by atoms with Crippen LogP contribution in [0.25, 0.3) is 0 Å². The number of amidine groups is 1. The number of aryl methyl sites for hydroxylation is 1. The smallest absolute Gasteiger partial charge is 0.136 e. The fraction of sp³-hybridized carbons (Fsp3) is 0.417. The average molecular weight is 233 g/mol. The number of hydrogen-bond donors (Lipinski definition) is 2. The Morgan fingerprint density at radius 1 is 1.56 bits per heavy atom. The standard InChI is InChI=1S/C12H15N3S/c1-6-4-3-5-8-9(6)10-11(13)14-7(2)15-12(10)16-8/h6,15H,2-5H2,1H3,(H2,13,14). The van der Waals surface area contributed by atoms with E-state index in [0.29, 0.717) is 17.6 Å². The predicted molar refractivity (Wildman–Crippen MR) is 69.2 cm³/mol. The molecule has 1 atom stereocenters. The maximum absolute atomic E-state index is 6.02. The number of fused-ring (bicyclic) bond motifs is 3. The summed E-state index contributed by atoms with van der Waals surface area (Å²) in [4.78, 5) is 5.71. The highest BCUT2D eigenvalue weighted by Crippen LogP contribution is 2.44. The highest BCUT2D eigenvalue weighted by molar-refractivity contribution is 7.16. The molecule has 4 heteroatoms. The van der Waals surface area contributed by atoms with Gasteiger partial charge in [-0.25, -0.2) is 4.99 Å². The van der Waals surface area contributed by atoms with Gasteiger partial charge in [0.1, 0.15) is 16.7 Å². The number of nitrogens with two attached hydrogens (primary N) is 1. The van der Waals surface area contributed by atoms with Crippen LogP contribution >= 0.6 is 11.3 Å². The Bertz CT molecular complexity index is 499. The first-order chi connectivity index (χ1) is 7.66. The van der Waals surface area contributed by atoms with Crippen molar-refractivity contribution in [2.45, 2.75) is 32.1 Å². The van der Waals surface area contributed by atoms with Crippen LogP contribution in [0, 0.1) is 0 Å². The van der Waals surface area contributed by atoms with Crippen LogP contribution < -0.4 is 11.1 Å². The lowest BCUT2D eigenvalue weighted by Gasteiger charge is -2.21. The second-order valence-corrected chi connectivity index (χ2v) is 5.61. The summed E-state index contributed by atoms with van der Waals surface area (Å²) >= 11 is 1.82. The van der Waals surface area contributed by atoms with Gasteiger partial charge in [-0.1, -0.05) is 13.5 Å². The molecular weight excluding hydrogens is 218 g/mol. The van der Waals surface area contributed by atoms with Gasteiger partial charge in [0, 0.05) is 4.88 Å². The molecule has 0 saturated heterocycles. The fourth-order valence-electron chi connectivity index (χ4n) is 2.61. The van der Waals surface area contributed by atoms with Gasteiger partial charge in [0.25, 0.3) is 0 Å². The lowest BCUT2D eigenvalue weighted by Crippen LogP contribution is -2.22. The summed E-state index contributed by atoms with van der Waals surface area (Å²) in [5.41, 5.74) is 8.59. The van der Waals surface area contributed by atoms with Gasteiger partial charge in [0.2, 0.25) is 0 Å². The monoisotopic (exact) mass is 233 g/mol. The van der Waals surface area contributed by atoms with Crippen LogP contribution in [-0.2, 0) is 6.42 Å². The Balaban J connectivity index is 2.21. The van der Waals surface area contributed by atoms with Crippen molar-refractivity contribution >= 4 is 22.2 Å². The molecule has 1 aliphatic heterocycles. The minimum absolute atomic E-state index is 0.602. The van der Waals surface area contributed by atoms with Crippen LogP contribution in [0.15, 0.2) is 17.4 Å². The maximum Gasteiger partial charge on any atom is 0.136 e. The van der Waals surface area contributed by atoms with Crippen molar-refractivity contribution in [3.63, 3.8) is 0 Å². The molecule has 0 amide bonds. The summed E-state index contributed by atoms with van der Waals surface area (Å²) in [5.74, 6) is 1.88. The first kappa shape index (κ1) is 9.90. The molecule has 0 aromatic carbocycles. The molecule has 84 valence electrons. The van der Waals surface area contributed by atoms with E-state index in [0.717, 1.165) is 10.6 Å². The quantitative estimate of drug-likeness (QED) is 0.724. The van der Waals surface area contributed by atoms with Gasteiger partial charge in [-0.2, -0.15) is 0 Å². The van der Waals surface area contributed by atoms with Crippen molar-refractivity contribution in [1.82, 2.24) is 0 Å². The molecule has 0 fully saturated rings. The molecule has 1 aromatic heterocycles. The predicted octanol–water partition coefficient (Wildman–Crippen LogP) is 2.79. The van der Waals surface area contributed by atoms with Gasteiger partial charge in [0.05, 0.1) is 5.56 Å². The molecule has 0 spiro atoms. The minimum Gasteiger partial charge on any atom is -0.383 e. The zero-order valence-corrected chi connectivity index (χ0v) is 10.2. The third-order valence-corrected chi connectivity index (χ3v) is 4.51. The number of nitrogens with zero attached hydrogens (tertiary/aromatic N) is 1. The van der Waals surface area contributed by atoms with Gasteiger partial charge in [0.15, 0.2) is 0 Å². The molecule has 2 aliphatic rings. The zero-order chi connectivity index (χ0) is 11.3. The molecular formula is C12H15N3S. The summed E-state index contributed by atoms with van der Waals surface area (Å²) in [6.07, 6.45) is 3.72. The van der Waals surface area contributed by atoms with E-state index < -0.39 is 0 Å². The van der Waals surface area contributed by atoms with Gasteiger partial charge < -0.3 is 11.1 Å². The van der Waals surface area contributed by atoms with E-state index in [1.807, 2.05) is 11.3 Å². The third-order valence-electron chi connectivity index (χ3n) is 3.33. The normalized spacial score (nSPS) is 23.2. The Morgan fingerprint density at radius 2 is 2.38 bits per heavy atom. The number of nitrogens with one attached hydrogen (secondary N) is 1. The van der Waals surface area contributed by atoms with Gasteiger partial charge in [-0.3, -0.25) is 0 Å². The molecule has 3 rings (SSSR count). The van der Waals surface area contributed by atoms with Crippen molar-refractivity contribution in [2.24, 2.45) is 10.7 Å². The molecule has 0 radical (unpaired) electrons. The summed E-state index contributed by atoms with van der Waals surface area (Å²) in [5, 5.41) is 4.36.